The number of ether oxygens (including phenoxy) is 3. The van der Waals surface area contributed by atoms with Crippen molar-refractivity contribution >= 4 is 28.2 Å². The van der Waals surface area contributed by atoms with E-state index in [9.17, 15) is 9.59 Å². The number of carbonyl (C=O) groups excluding carboxylic acids is 2. The predicted octanol–water partition coefficient (Wildman–Crippen LogP) is 5.01. The molecule has 2 aromatic carbocycles. The van der Waals surface area contributed by atoms with Crippen molar-refractivity contribution in [1.29, 1.82) is 0 Å². The Bertz CT molecular complexity index is 998. The third kappa shape index (κ3) is 4.99. The standard InChI is InChI=1S/C23H23NO5S/c1-4-28-23(26)20-19(16-8-6-5-7-9-16)14-30-22(20)24-21(25)15(2)29-18-12-10-17(27-3)11-13-18/h5-15H,4H2,1-3H3,(H,24,25). The van der Waals surface area contributed by atoms with Gasteiger partial charge >= 0.3 is 5.97 Å². The molecule has 0 aliphatic rings. The van der Waals surface area contributed by atoms with Crippen LogP contribution in [0.25, 0.3) is 11.1 Å². The number of hydrogen-bond donors (Lipinski definition) is 1. The highest BCUT2D eigenvalue weighted by molar-refractivity contribution is 7.15. The zero-order chi connectivity index (χ0) is 21.5. The molecular formula is C23H23NO5S. The van der Waals surface area contributed by atoms with Crippen molar-refractivity contribution in [2.24, 2.45) is 0 Å². The first kappa shape index (κ1) is 21.4. The monoisotopic (exact) mass is 425 g/mol. The number of thiophene rings is 1. The molecule has 1 unspecified atom stereocenters. The summed E-state index contributed by atoms with van der Waals surface area (Å²) in [5, 5.41) is 5.08. The Balaban J connectivity index is 1.79. The van der Waals surface area contributed by atoms with Crippen LogP contribution in [0.5, 0.6) is 11.5 Å². The van der Waals surface area contributed by atoms with E-state index in [1.807, 2.05) is 35.7 Å². The van der Waals surface area contributed by atoms with Crippen LogP contribution in [0, 0.1) is 0 Å². The maximum Gasteiger partial charge on any atom is 0.341 e. The molecule has 6 nitrogen and oxygen atoms in total. The van der Waals surface area contributed by atoms with Gasteiger partial charge in [0.1, 0.15) is 22.1 Å². The zero-order valence-electron chi connectivity index (χ0n) is 17.0. The van der Waals surface area contributed by atoms with Crippen LogP contribution in [0.1, 0.15) is 24.2 Å². The van der Waals surface area contributed by atoms with Crippen LogP contribution < -0.4 is 14.8 Å². The highest BCUT2D eigenvalue weighted by atomic mass is 32.1. The summed E-state index contributed by atoms with van der Waals surface area (Å²) < 4.78 is 16.0. The van der Waals surface area contributed by atoms with Crippen LogP contribution in [0.15, 0.2) is 60.0 Å². The average Bonchev–Trinajstić information content (AvgIpc) is 3.18. The number of amides is 1. The molecule has 3 rings (SSSR count). The van der Waals surface area contributed by atoms with Crippen LogP contribution in [0.4, 0.5) is 5.00 Å². The van der Waals surface area contributed by atoms with Gasteiger partial charge in [-0.3, -0.25) is 4.79 Å². The SMILES string of the molecule is CCOC(=O)c1c(-c2ccccc2)csc1NC(=O)C(C)Oc1ccc(OC)cc1. The van der Waals surface area contributed by atoms with E-state index in [0.717, 1.165) is 11.1 Å². The first-order valence-corrected chi connectivity index (χ1v) is 10.4. The minimum atomic E-state index is -0.768. The fraction of sp³-hybridized carbons (Fsp3) is 0.217. The highest BCUT2D eigenvalue weighted by Gasteiger charge is 2.24. The lowest BCUT2D eigenvalue weighted by atomic mass is 10.0. The molecule has 0 saturated carbocycles. The molecule has 1 N–H and O–H groups in total. The molecular weight excluding hydrogens is 402 g/mol. The molecule has 1 amide bonds. The maximum atomic E-state index is 12.7. The number of anilines is 1. The van der Waals surface area contributed by atoms with Gasteiger partial charge in [-0.05, 0) is 43.7 Å². The summed E-state index contributed by atoms with van der Waals surface area (Å²) in [5.41, 5.74) is 1.94. The molecule has 0 bridgehead atoms. The summed E-state index contributed by atoms with van der Waals surface area (Å²) in [4.78, 5) is 25.3. The first-order valence-electron chi connectivity index (χ1n) is 9.49. The average molecular weight is 426 g/mol. The zero-order valence-corrected chi connectivity index (χ0v) is 17.8. The van der Waals surface area contributed by atoms with Gasteiger partial charge < -0.3 is 19.5 Å². The van der Waals surface area contributed by atoms with Crippen molar-refractivity contribution in [2.75, 3.05) is 19.0 Å². The minimum Gasteiger partial charge on any atom is -0.497 e. The number of methoxy groups -OCH3 is 1. The number of benzene rings is 2. The van der Waals surface area contributed by atoms with Crippen LogP contribution >= 0.6 is 11.3 Å². The quantitative estimate of drug-likeness (QED) is 0.514. The highest BCUT2D eigenvalue weighted by Crippen LogP contribution is 2.36. The van der Waals surface area contributed by atoms with Crippen LogP contribution in [-0.4, -0.2) is 31.7 Å². The maximum absolute atomic E-state index is 12.7. The van der Waals surface area contributed by atoms with Crippen molar-refractivity contribution in [3.05, 3.63) is 65.5 Å². The van der Waals surface area contributed by atoms with Crippen molar-refractivity contribution in [2.45, 2.75) is 20.0 Å². The molecule has 0 fully saturated rings. The Kier molecular flexibility index (Phi) is 7.08. The summed E-state index contributed by atoms with van der Waals surface area (Å²) in [7, 11) is 1.58. The van der Waals surface area contributed by atoms with E-state index in [1.54, 1.807) is 45.2 Å². The molecule has 1 heterocycles. The van der Waals surface area contributed by atoms with Crippen molar-refractivity contribution in [3.8, 4) is 22.6 Å². The Morgan fingerprint density at radius 3 is 2.33 bits per heavy atom. The van der Waals surface area contributed by atoms with E-state index in [1.165, 1.54) is 11.3 Å². The molecule has 1 atom stereocenters. The van der Waals surface area contributed by atoms with E-state index in [4.69, 9.17) is 14.2 Å². The van der Waals surface area contributed by atoms with Gasteiger partial charge in [-0.1, -0.05) is 30.3 Å². The third-order valence-corrected chi connectivity index (χ3v) is 5.23. The van der Waals surface area contributed by atoms with Gasteiger partial charge in [-0.15, -0.1) is 11.3 Å². The topological polar surface area (TPSA) is 73.9 Å². The summed E-state index contributed by atoms with van der Waals surface area (Å²) in [6.07, 6.45) is -0.768. The van der Waals surface area contributed by atoms with Gasteiger partial charge in [0.15, 0.2) is 6.10 Å². The van der Waals surface area contributed by atoms with Crippen molar-refractivity contribution in [3.63, 3.8) is 0 Å². The third-order valence-electron chi connectivity index (χ3n) is 4.33. The molecule has 0 radical (unpaired) electrons. The number of carbonyl (C=O) groups is 2. The molecule has 7 heteroatoms. The molecule has 0 aliphatic heterocycles. The Morgan fingerprint density at radius 2 is 1.70 bits per heavy atom. The largest absolute Gasteiger partial charge is 0.497 e. The van der Waals surface area contributed by atoms with Crippen LogP contribution in [-0.2, 0) is 9.53 Å². The van der Waals surface area contributed by atoms with Gasteiger partial charge in [-0.2, -0.15) is 0 Å². The molecule has 1 aromatic heterocycles. The summed E-state index contributed by atoms with van der Waals surface area (Å²) >= 11 is 1.28. The fourth-order valence-electron chi connectivity index (χ4n) is 2.81. The predicted molar refractivity (Wildman–Crippen MR) is 117 cm³/mol. The summed E-state index contributed by atoms with van der Waals surface area (Å²) in [6, 6.07) is 16.5. The smallest absolute Gasteiger partial charge is 0.341 e. The van der Waals surface area contributed by atoms with Gasteiger partial charge in [0, 0.05) is 10.9 Å². The normalized spacial score (nSPS) is 11.4. The fourth-order valence-corrected chi connectivity index (χ4v) is 3.77. The van der Waals surface area contributed by atoms with Crippen molar-refractivity contribution < 1.29 is 23.8 Å². The molecule has 0 saturated heterocycles. The lowest BCUT2D eigenvalue weighted by molar-refractivity contribution is -0.122. The number of rotatable bonds is 8. The van der Waals surface area contributed by atoms with Crippen LogP contribution in [0.3, 0.4) is 0 Å². The van der Waals surface area contributed by atoms with E-state index < -0.39 is 12.1 Å². The lowest BCUT2D eigenvalue weighted by Crippen LogP contribution is -2.30. The molecule has 3 aromatic rings. The van der Waals surface area contributed by atoms with E-state index in [-0.39, 0.29) is 12.5 Å². The van der Waals surface area contributed by atoms with Gasteiger partial charge in [0.25, 0.3) is 5.91 Å². The Morgan fingerprint density at radius 1 is 1.03 bits per heavy atom. The molecule has 0 aliphatic carbocycles. The molecule has 30 heavy (non-hydrogen) atoms. The second-order valence-corrected chi connectivity index (χ2v) is 7.24. The second kappa shape index (κ2) is 9.93. The Labute approximate surface area is 179 Å². The first-order chi connectivity index (χ1) is 14.5. The van der Waals surface area contributed by atoms with E-state index in [0.29, 0.717) is 22.1 Å². The Hall–Kier alpha value is -3.32. The van der Waals surface area contributed by atoms with E-state index in [2.05, 4.69) is 5.32 Å². The van der Waals surface area contributed by atoms with Gasteiger partial charge in [-0.25, -0.2) is 4.79 Å². The van der Waals surface area contributed by atoms with Gasteiger partial charge in [0.05, 0.1) is 13.7 Å². The van der Waals surface area contributed by atoms with Crippen molar-refractivity contribution in [1.82, 2.24) is 0 Å². The number of esters is 1. The molecule has 0 spiro atoms. The number of hydrogen-bond acceptors (Lipinski definition) is 6. The second-order valence-electron chi connectivity index (χ2n) is 6.36. The summed E-state index contributed by atoms with van der Waals surface area (Å²) in [6.45, 7) is 3.64. The number of nitrogens with one attached hydrogen (secondary N) is 1. The molecule has 156 valence electrons. The van der Waals surface area contributed by atoms with Gasteiger partial charge in [0.2, 0.25) is 0 Å². The van der Waals surface area contributed by atoms with E-state index >= 15 is 0 Å². The summed E-state index contributed by atoms with van der Waals surface area (Å²) in [5.74, 6) is 0.403. The lowest BCUT2D eigenvalue weighted by Gasteiger charge is -2.15. The van der Waals surface area contributed by atoms with Crippen LogP contribution in [0.2, 0.25) is 0 Å². The minimum absolute atomic E-state index is 0.243.